The summed E-state index contributed by atoms with van der Waals surface area (Å²) in [5, 5.41) is 7.12. The van der Waals surface area contributed by atoms with E-state index in [0.29, 0.717) is 17.3 Å². The summed E-state index contributed by atoms with van der Waals surface area (Å²) in [4.78, 5) is 31.7. The van der Waals surface area contributed by atoms with E-state index in [9.17, 15) is 9.59 Å². The molecule has 0 aliphatic carbocycles. The molecule has 0 bridgehead atoms. The number of aryl methyl sites for hydroxylation is 1. The van der Waals surface area contributed by atoms with Gasteiger partial charge in [0.15, 0.2) is 0 Å². The molecule has 0 unspecified atom stereocenters. The molecule has 7 nitrogen and oxygen atoms in total. The van der Waals surface area contributed by atoms with Crippen LogP contribution in [0.25, 0.3) is 0 Å². The molecular formula is C17H14ClN5O2. The van der Waals surface area contributed by atoms with E-state index in [1.807, 2.05) is 12.1 Å². The monoisotopic (exact) mass is 355 g/mol. The van der Waals surface area contributed by atoms with Gasteiger partial charge in [0, 0.05) is 38.1 Å². The molecule has 3 heterocycles. The molecule has 3 rings (SSSR count). The summed E-state index contributed by atoms with van der Waals surface area (Å²) >= 11 is 5.92. The Balaban J connectivity index is 1.68. The fraction of sp³-hybridized carbons (Fsp3) is 0.118. The lowest BCUT2D eigenvalue weighted by Gasteiger charge is -2.06. The Hall–Kier alpha value is -3.06. The lowest BCUT2D eigenvalue weighted by Crippen LogP contribution is -2.23. The van der Waals surface area contributed by atoms with Crippen molar-refractivity contribution in [3.8, 4) is 0 Å². The predicted octanol–water partition coefficient (Wildman–Crippen LogP) is 2.07. The van der Waals surface area contributed by atoms with Gasteiger partial charge in [-0.2, -0.15) is 5.10 Å². The van der Waals surface area contributed by atoms with Crippen molar-refractivity contribution >= 4 is 23.3 Å². The molecule has 0 saturated heterocycles. The van der Waals surface area contributed by atoms with Gasteiger partial charge in [0.25, 0.3) is 11.5 Å². The Bertz CT molecular complexity index is 969. The second kappa shape index (κ2) is 7.23. The maximum atomic E-state index is 12.1. The molecule has 0 radical (unpaired) electrons. The van der Waals surface area contributed by atoms with Crippen LogP contribution in [0.2, 0.25) is 5.02 Å². The molecule has 0 aliphatic heterocycles. The van der Waals surface area contributed by atoms with Gasteiger partial charge in [-0.25, -0.2) is 9.67 Å². The van der Waals surface area contributed by atoms with Crippen LogP contribution < -0.4 is 10.9 Å². The van der Waals surface area contributed by atoms with E-state index < -0.39 is 5.91 Å². The van der Waals surface area contributed by atoms with Crippen molar-refractivity contribution < 1.29 is 4.79 Å². The van der Waals surface area contributed by atoms with E-state index in [1.165, 1.54) is 19.2 Å². The van der Waals surface area contributed by atoms with Gasteiger partial charge in [-0.05, 0) is 29.3 Å². The Morgan fingerprint density at radius 3 is 2.68 bits per heavy atom. The molecule has 1 amide bonds. The molecule has 0 fully saturated rings. The topological polar surface area (TPSA) is 89.8 Å². The summed E-state index contributed by atoms with van der Waals surface area (Å²) in [5.41, 5.74) is 1.79. The Morgan fingerprint density at radius 2 is 2.00 bits per heavy atom. The van der Waals surface area contributed by atoms with Crippen LogP contribution in [-0.2, 0) is 13.5 Å². The molecule has 25 heavy (non-hydrogen) atoms. The van der Waals surface area contributed by atoms with Crippen molar-refractivity contribution in [1.82, 2.24) is 19.7 Å². The highest BCUT2D eigenvalue weighted by Gasteiger charge is 2.09. The zero-order valence-electron chi connectivity index (χ0n) is 13.3. The highest BCUT2D eigenvalue weighted by molar-refractivity contribution is 6.30. The van der Waals surface area contributed by atoms with Gasteiger partial charge in [0.1, 0.15) is 11.5 Å². The number of pyridine rings is 2. The largest absolute Gasteiger partial charge is 0.305 e. The highest BCUT2D eigenvalue weighted by atomic mass is 35.5. The van der Waals surface area contributed by atoms with Gasteiger partial charge in [-0.3, -0.25) is 14.6 Å². The van der Waals surface area contributed by atoms with Crippen LogP contribution in [0, 0.1) is 0 Å². The van der Waals surface area contributed by atoms with Crippen LogP contribution in [0.15, 0.2) is 53.7 Å². The minimum absolute atomic E-state index is 0.137. The van der Waals surface area contributed by atoms with E-state index in [2.05, 4.69) is 20.4 Å². The van der Waals surface area contributed by atoms with Crippen molar-refractivity contribution in [3.05, 3.63) is 81.1 Å². The third-order valence-electron chi connectivity index (χ3n) is 3.43. The van der Waals surface area contributed by atoms with E-state index in [0.717, 1.165) is 15.8 Å². The third kappa shape index (κ3) is 4.27. The molecule has 126 valence electrons. The Labute approximate surface area is 148 Å². The first-order valence-corrected chi connectivity index (χ1v) is 7.79. The summed E-state index contributed by atoms with van der Waals surface area (Å²) in [6.45, 7) is 0. The quantitative estimate of drug-likeness (QED) is 0.773. The van der Waals surface area contributed by atoms with Crippen LogP contribution in [0.4, 0.5) is 5.82 Å². The average molecular weight is 356 g/mol. The average Bonchev–Trinajstić information content (AvgIpc) is 2.59. The first kappa shape index (κ1) is 16.8. The van der Waals surface area contributed by atoms with Crippen LogP contribution in [0.3, 0.4) is 0 Å². The van der Waals surface area contributed by atoms with E-state index in [4.69, 9.17) is 11.6 Å². The molecule has 0 aliphatic rings. The predicted molar refractivity (Wildman–Crippen MR) is 93.7 cm³/mol. The number of carbonyl (C=O) groups is 1. The summed E-state index contributed by atoms with van der Waals surface area (Å²) in [7, 11) is 1.48. The van der Waals surface area contributed by atoms with Crippen molar-refractivity contribution in [2.45, 2.75) is 6.42 Å². The molecule has 3 aromatic rings. The first-order valence-electron chi connectivity index (χ1n) is 7.41. The number of anilines is 1. The number of halogens is 1. The number of hydrogen-bond acceptors (Lipinski definition) is 5. The second-order valence-corrected chi connectivity index (χ2v) is 5.81. The second-order valence-electron chi connectivity index (χ2n) is 5.37. The van der Waals surface area contributed by atoms with Crippen LogP contribution in [0.1, 0.15) is 21.6 Å². The fourth-order valence-electron chi connectivity index (χ4n) is 2.19. The van der Waals surface area contributed by atoms with E-state index >= 15 is 0 Å². The smallest absolute Gasteiger partial charge is 0.277 e. The molecule has 0 atom stereocenters. The summed E-state index contributed by atoms with van der Waals surface area (Å²) in [5.74, 6) is -0.0384. The van der Waals surface area contributed by atoms with Crippen molar-refractivity contribution in [1.29, 1.82) is 0 Å². The molecule has 1 N–H and O–H groups in total. The maximum absolute atomic E-state index is 12.1. The standard InChI is InChI=1S/C17H14ClN5O2/c1-23-16(24)5-3-14(22-23)17(25)21-15-4-2-11(9-20-15)6-12-7-13(18)10-19-8-12/h2-5,7-10H,6H2,1H3,(H,20,21,25). The van der Waals surface area contributed by atoms with Gasteiger partial charge in [-0.1, -0.05) is 17.7 Å². The van der Waals surface area contributed by atoms with E-state index in [1.54, 1.807) is 24.7 Å². The lowest BCUT2D eigenvalue weighted by atomic mass is 10.1. The molecule has 3 aromatic heterocycles. The molecule has 8 heteroatoms. The van der Waals surface area contributed by atoms with Gasteiger partial charge in [-0.15, -0.1) is 0 Å². The minimum atomic E-state index is -0.435. The van der Waals surface area contributed by atoms with Gasteiger partial charge in [0.05, 0.1) is 5.02 Å². The number of hydrogen-bond donors (Lipinski definition) is 1. The zero-order valence-corrected chi connectivity index (χ0v) is 14.1. The van der Waals surface area contributed by atoms with Crippen LogP contribution in [-0.4, -0.2) is 25.7 Å². The van der Waals surface area contributed by atoms with Crippen LogP contribution >= 0.6 is 11.6 Å². The number of nitrogens with one attached hydrogen (secondary N) is 1. The summed E-state index contributed by atoms with van der Waals surface area (Å²) in [6, 6.07) is 8.07. The van der Waals surface area contributed by atoms with Crippen molar-refractivity contribution in [3.63, 3.8) is 0 Å². The number of aromatic nitrogens is 4. The maximum Gasteiger partial charge on any atom is 0.277 e. The van der Waals surface area contributed by atoms with Crippen molar-refractivity contribution in [2.75, 3.05) is 5.32 Å². The van der Waals surface area contributed by atoms with Gasteiger partial charge in [0.2, 0.25) is 0 Å². The minimum Gasteiger partial charge on any atom is -0.305 e. The Kier molecular flexibility index (Phi) is 4.85. The molecular weight excluding hydrogens is 342 g/mol. The SMILES string of the molecule is Cn1nc(C(=O)Nc2ccc(Cc3cncc(Cl)c3)cn2)ccc1=O. The third-order valence-corrected chi connectivity index (χ3v) is 3.64. The number of amides is 1. The lowest BCUT2D eigenvalue weighted by molar-refractivity contribution is 0.101. The van der Waals surface area contributed by atoms with Gasteiger partial charge < -0.3 is 5.32 Å². The van der Waals surface area contributed by atoms with Crippen LogP contribution in [0.5, 0.6) is 0 Å². The Morgan fingerprint density at radius 1 is 1.16 bits per heavy atom. The molecule has 0 spiro atoms. The number of rotatable bonds is 4. The number of nitrogens with zero attached hydrogens (tertiary/aromatic N) is 4. The summed E-state index contributed by atoms with van der Waals surface area (Å²) in [6.07, 6.45) is 5.63. The number of carbonyl (C=O) groups excluding carboxylic acids is 1. The highest BCUT2D eigenvalue weighted by Crippen LogP contribution is 2.14. The fourth-order valence-corrected chi connectivity index (χ4v) is 2.39. The van der Waals surface area contributed by atoms with Crippen molar-refractivity contribution in [2.24, 2.45) is 7.05 Å². The molecule has 0 saturated carbocycles. The first-order chi connectivity index (χ1) is 12.0. The summed E-state index contributed by atoms with van der Waals surface area (Å²) < 4.78 is 1.10. The van der Waals surface area contributed by atoms with E-state index in [-0.39, 0.29) is 11.3 Å². The van der Waals surface area contributed by atoms with Gasteiger partial charge >= 0.3 is 0 Å². The normalized spacial score (nSPS) is 10.5. The molecule has 0 aromatic carbocycles. The zero-order chi connectivity index (χ0) is 17.8.